The zero-order valence-corrected chi connectivity index (χ0v) is 15.6. The summed E-state index contributed by atoms with van der Waals surface area (Å²) < 4.78 is 26.8. The van der Waals surface area contributed by atoms with Crippen LogP contribution in [0.1, 0.15) is 0 Å². The summed E-state index contributed by atoms with van der Waals surface area (Å²) in [7, 11) is -3.81. The molecule has 3 aromatic rings. The summed E-state index contributed by atoms with van der Waals surface area (Å²) in [6.45, 7) is -0.645. The summed E-state index contributed by atoms with van der Waals surface area (Å²) in [5.74, 6) is -0.953. The zero-order chi connectivity index (χ0) is 19.7. The Morgan fingerprint density at radius 2 is 1.57 bits per heavy atom. The first-order valence-corrected chi connectivity index (χ1v) is 10.1. The normalized spacial score (nSPS) is 14.1. The fourth-order valence-corrected chi connectivity index (χ4v) is 4.89. The van der Waals surface area contributed by atoms with Crippen molar-refractivity contribution >= 4 is 44.0 Å². The highest BCUT2D eigenvalue weighted by atomic mass is 32.2. The van der Waals surface area contributed by atoms with Gasteiger partial charge in [-0.15, -0.1) is 0 Å². The van der Waals surface area contributed by atoms with Crippen LogP contribution in [0.5, 0.6) is 0 Å². The van der Waals surface area contributed by atoms with Gasteiger partial charge in [-0.2, -0.15) is 0 Å². The van der Waals surface area contributed by atoms with Crippen LogP contribution in [0.3, 0.4) is 0 Å². The number of carbonyl (C=O) groups excluding carboxylic acids is 2. The maximum atomic E-state index is 12.8. The van der Waals surface area contributed by atoms with Gasteiger partial charge >= 0.3 is 0 Å². The Morgan fingerprint density at radius 3 is 2.32 bits per heavy atom. The molecule has 0 bridgehead atoms. The van der Waals surface area contributed by atoms with Gasteiger partial charge in [-0.3, -0.25) is 13.9 Å². The van der Waals surface area contributed by atoms with Crippen LogP contribution >= 0.6 is 0 Å². The highest BCUT2D eigenvalue weighted by Gasteiger charge is 2.36. The average molecular weight is 395 g/mol. The van der Waals surface area contributed by atoms with Gasteiger partial charge < -0.3 is 10.6 Å². The number of amides is 2. The Hall–Kier alpha value is -3.39. The maximum absolute atomic E-state index is 12.8. The second kappa shape index (κ2) is 6.97. The quantitative estimate of drug-likeness (QED) is 0.692. The highest BCUT2D eigenvalue weighted by Crippen LogP contribution is 2.41. The molecule has 0 radical (unpaired) electrons. The van der Waals surface area contributed by atoms with Gasteiger partial charge in [0.2, 0.25) is 11.8 Å². The molecule has 1 heterocycles. The number of anilines is 2. The topological polar surface area (TPSA) is 95.6 Å². The van der Waals surface area contributed by atoms with Gasteiger partial charge in [0.1, 0.15) is 6.54 Å². The monoisotopic (exact) mass is 395 g/mol. The minimum atomic E-state index is -3.81. The van der Waals surface area contributed by atoms with Crippen molar-refractivity contribution in [3.8, 4) is 0 Å². The van der Waals surface area contributed by atoms with Gasteiger partial charge in [0.15, 0.2) is 0 Å². The largest absolute Gasteiger partial charge is 0.345 e. The Bertz CT molecular complexity index is 1170. The van der Waals surface area contributed by atoms with Crippen molar-refractivity contribution in [2.45, 2.75) is 4.90 Å². The van der Waals surface area contributed by atoms with E-state index in [1.165, 1.54) is 6.07 Å². The van der Waals surface area contributed by atoms with Crippen molar-refractivity contribution in [2.24, 2.45) is 0 Å². The molecule has 1 aliphatic rings. The van der Waals surface area contributed by atoms with Crippen LogP contribution in [0.15, 0.2) is 71.6 Å². The summed E-state index contributed by atoms with van der Waals surface area (Å²) in [5, 5.41) is 6.53. The molecule has 1 aliphatic heterocycles. The third-order valence-corrected chi connectivity index (χ3v) is 6.27. The van der Waals surface area contributed by atoms with E-state index in [2.05, 4.69) is 10.6 Å². The van der Waals surface area contributed by atoms with Gasteiger partial charge in [-0.1, -0.05) is 42.5 Å². The van der Waals surface area contributed by atoms with Crippen molar-refractivity contribution in [2.75, 3.05) is 22.7 Å². The Labute approximate surface area is 162 Å². The summed E-state index contributed by atoms with van der Waals surface area (Å²) in [4.78, 5) is 24.5. The van der Waals surface area contributed by atoms with E-state index in [1.54, 1.807) is 42.5 Å². The molecule has 0 fully saturated rings. The average Bonchev–Trinajstić information content (AvgIpc) is 2.91. The van der Waals surface area contributed by atoms with Crippen molar-refractivity contribution in [1.82, 2.24) is 5.32 Å². The molecule has 142 valence electrons. The van der Waals surface area contributed by atoms with Gasteiger partial charge in [0.25, 0.3) is 10.0 Å². The van der Waals surface area contributed by atoms with E-state index in [0.29, 0.717) is 16.8 Å². The minimum Gasteiger partial charge on any atom is -0.345 e. The Kier molecular flexibility index (Phi) is 4.48. The number of hydrogen-bond donors (Lipinski definition) is 2. The SMILES string of the molecule is O=C(CN1c2cccc3cccc(c23)S1(=O)=O)NCC(=O)Nc1ccccc1. The van der Waals surface area contributed by atoms with Gasteiger partial charge in [0, 0.05) is 11.1 Å². The van der Waals surface area contributed by atoms with Crippen LogP contribution in [0.2, 0.25) is 0 Å². The molecule has 0 aromatic heterocycles. The molecule has 8 heteroatoms. The zero-order valence-electron chi connectivity index (χ0n) is 14.8. The number of para-hydroxylation sites is 1. The maximum Gasteiger partial charge on any atom is 0.265 e. The van der Waals surface area contributed by atoms with Crippen molar-refractivity contribution < 1.29 is 18.0 Å². The Morgan fingerprint density at radius 1 is 0.857 bits per heavy atom. The number of sulfonamides is 1. The molecule has 3 aromatic carbocycles. The first kappa shape index (κ1) is 18.0. The van der Waals surface area contributed by atoms with Crippen LogP contribution in [-0.2, 0) is 19.6 Å². The standard InChI is InChI=1S/C20H17N3O4S/c24-18(22-15-8-2-1-3-9-15)12-21-19(25)13-23-16-10-4-6-14-7-5-11-17(20(14)16)28(23,26)27/h1-11H,12-13H2,(H,21,25)(H,22,24). The van der Waals surface area contributed by atoms with E-state index in [-0.39, 0.29) is 11.4 Å². The lowest BCUT2D eigenvalue weighted by Crippen LogP contribution is -2.41. The molecule has 0 atom stereocenters. The Balaban J connectivity index is 1.45. The van der Waals surface area contributed by atoms with Crippen LogP contribution in [0.25, 0.3) is 10.8 Å². The summed E-state index contributed by atoms with van der Waals surface area (Å²) in [5.41, 5.74) is 1.09. The first-order chi connectivity index (χ1) is 13.5. The predicted molar refractivity (Wildman–Crippen MR) is 107 cm³/mol. The lowest BCUT2D eigenvalue weighted by atomic mass is 10.1. The first-order valence-electron chi connectivity index (χ1n) is 8.63. The van der Waals surface area contributed by atoms with E-state index in [4.69, 9.17) is 0 Å². The third kappa shape index (κ3) is 3.18. The highest BCUT2D eigenvalue weighted by molar-refractivity contribution is 7.93. The molecule has 0 saturated carbocycles. The van der Waals surface area contributed by atoms with Crippen LogP contribution in [0, 0.1) is 0 Å². The number of benzene rings is 3. The molecule has 4 rings (SSSR count). The fraction of sp³-hybridized carbons (Fsp3) is 0.100. The number of rotatable bonds is 5. The molecule has 0 unspecified atom stereocenters. The second-order valence-corrected chi connectivity index (χ2v) is 8.16. The van der Waals surface area contributed by atoms with Crippen molar-refractivity contribution in [3.63, 3.8) is 0 Å². The molecule has 2 N–H and O–H groups in total. The molecule has 7 nitrogen and oxygen atoms in total. The molecule has 28 heavy (non-hydrogen) atoms. The van der Waals surface area contributed by atoms with Crippen LogP contribution < -0.4 is 14.9 Å². The number of hydrogen-bond acceptors (Lipinski definition) is 4. The van der Waals surface area contributed by atoms with E-state index in [0.717, 1.165) is 9.69 Å². The van der Waals surface area contributed by atoms with Gasteiger partial charge in [0.05, 0.1) is 17.1 Å². The van der Waals surface area contributed by atoms with Crippen LogP contribution in [-0.4, -0.2) is 33.3 Å². The second-order valence-electron chi connectivity index (χ2n) is 6.33. The molecule has 0 saturated heterocycles. The molecule has 0 spiro atoms. The lowest BCUT2D eigenvalue weighted by Gasteiger charge is -2.18. The van der Waals surface area contributed by atoms with E-state index in [9.17, 15) is 18.0 Å². The molecule has 0 aliphatic carbocycles. The smallest absolute Gasteiger partial charge is 0.265 e. The number of nitrogens with zero attached hydrogens (tertiary/aromatic N) is 1. The van der Waals surface area contributed by atoms with Crippen LogP contribution in [0.4, 0.5) is 11.4 Å². The molecular formula is C20H17N3O4S. The number of carbonyl (C=O) groups is 2. The summed E-state index contributed by atoms with van der Waals surface area (Å²) in [6, 6.07) is 19.1. The van der Waals surface area contributed by atoms with Crippen molar-refractivity contribution in [1.29, 1.82) is 0 Å². The minimum absolute atomic E-state index is 0.190. The molecular weight excluding hydrogens is 378 g/mol. The van der Waals surface area contributed by atoms with E-state index >= 15 is 0 Å². The molecule has 2 amide bonds. The number of nitrogens with one attached hydrogen (secondary N) is 2. The predicted octanol–water partition coefficient (Wildman–Crippen LogP) is 2.10. The fourth-order valence-electron chi connectivity index (χ4n) is 3.22. The van der Waals surface area contributed by atoms with Crippen molar-refractivity contribution in [3.05, 3.63) is 66.7 Å². The van der Waals surface area contributed by atoms with E-state index in [1.807, 2.05) is 18.2 Å². The van der Waals surface area contributed by atoms with E-state index < -0.39 is 28.4 Å². The lowest BCUT2D eigenvalue weighted by molar-refractivity contribution is -0.123. The van der Waals surface area contributed by atoms with Gasteiger partial charge in [-0.25, -0.2) is 8.42 Å². The third-order valence-electron chi connectivity index (χ3n) is 4.47. The van der Waals surface area contributed by atoms with Gasteiger partial charge in [-0.05, 0) is 29.7 Å². The summed E-state index contributed by atoms with van der Waals surface area (Å²) >= 11 is 0. The summed E-state index contributed by atoms with van der Waals surface area (Å²) in [6.07, 6.45) is 0.